The minimum atomic E-state index is -1.39. The van der Waals surface area contributed by atoms with Crippen LogP contribution >= 0.6 is 0 Å². The summed E-state index contributed by atoms with van der Waals surface area (Å²) < 4.78 is 51.5. The third-order valence-corrected chi connectivity index (χ3v) is 3.09. The Labute approximate surface area is 141 Å². The van der Waals surface area contributed by atoms with E-state index >= 15 is 0 Å². The maximum absolute atomic E-state index is 14.2. The Bertz CT molecular complexity index is 875. The summed E-state index contributed by atoms with van der Waals surface area (Å²) in [6.07, 6.45) is 0. The van der Waals surface area contributed by atoms with E-state index in [1.54, 1.807) is 0 Å². The van der Waals surface area contributed by atoms with Crippen LogP contribution < -0.4 is 9.47 Å². The first-order valence-corrected chi connectivity index (χ1v) is 7.04. The Morgan fingerprint density at radius 1 is 0.920 bits per heavy atom. The number of esters is 2. The Kier molecular flexibility index (Phi) is 5.26. The number of benzene rings is 2. The maximum atomic E-state index is 14.2. The number of carbonyl (C=O) groups excluding carboxylic acids is 2. The molecular weight excluding hydrogens is 337 g/mol. The Morgan fingerprint density at radius 3 is 2.12 bits per heavy atom. The van der Waals surface area contributed by atoms with Gasteiger partial charge in [-0.15, -0.1) is 0 Å². The van der Waals surface area contributed by atoms with E-state index in [2.05, 4.69) is 16.1 Å². The molecule has 4 nitrogen and oxygen atoms in total. The van der Waals surface area contributed by atoms with Crippen LogP contribution in [0.3, 0.4) is 0 Å². The highest BCUT2D eigenvalue weighted by Gasteiger charge is 2.19. The first-order valence-electron chi connectivity index (χ1n) is 7.04. The average Bonchev–Trinajstić information content (AvgIpc) is 2.53. The van der Waals surface area contributed by atoms with Gasteiger partial charge in [0, 0.05) is 18.1 Å². The maximum Gasteiger partial charge on any atom is 0.338 e. The molecule has 130 valence electrons. The predicted octanol–water partition coefficient (Wildman–Crippen LogP) is 4.18. The lowest BCUT2D eigenvalue weighted by molar-refractivity contribution is -0.132. The topological polar surface area (TPSA) is 52.6 Å². The minimum Gasteiger partial charge on any atom is -0.424 e. The molecule has 0 atom stereocenters. The van der Waals surface area contributed by atoms with Gasteiger partial charge in [-0.3, -0.25) is 4.79 Å². The largest absolute Gasteiger partial charge is 0.424 e. The van der Waals surface area contributed by atoms with E-state index < -0.39 is 35.1 Å². The summed E-state index contributed by atoms with van der Waals surface area (Å²) in [6.45, 7) is 5.80. The van der Waals surface area contributed by atoms with Crippen LogP contribution in [0.5, 0.6) is 11.5 Å². The van der Waals surface area contributed by atoms with Crippen molar-refractivity contribution >= 4 is 11.9 Å². The van der Waals surface area contributed by atoms with Crippen LogP contribution in [-0.2, 0) is 9.59 Å². The number of carbonyl (C=O) groups is 2. The summed E-state index contributed by atoms with van der Waals surface area (Å²) in [6, 6.07) is 5.47. The Hall–Kier alpha value is -3.09. The molecule has 0 amide bonds. The summed E-state index contributed by atoms with van der Waals surface area (Å²) in [5, 5.41) is 0. The van der Waals surface area contributed by atoms with Crippen LogP contribution in [0, 0.1) is 17.5 Å². The molecule has 7 heteroatoms. The van der Waals surface area contributed by atoms with Gasteiger partial charge in [-0.2, -0.15) is 4.39 Å². The van der Waals surface area contributed by atoms with Gasteiger partial charge < -0.3 is 9.47 Å². The molecule has 0 aliphatic rings. The van der Waals surface area contributed by atoms with E-state index in [1.165, 1.54) is 13.0 Å². The monoisotopic (exact) mass is 350 g/mol. The molecule has 25 heavy (non-hydrogen) atoms. The van der Waals surface area contributed by atoms with Gasteiger partial charge in [0.15, 0.2) is 23.1 Å². The van der Waals surface area contributed by atoms with Crippen LogP contribution in [0.2, 0.25) is 0 Å². The second-order valence-electron chi connectivity index (χ2n) is 5.15. The standard InChI is InChI=1S/C18H13F3O4/c1-9(2)18(23)25-15-7-5-12(16(20)17(15)21)11-4-6-14(13(19)8-11)24-10(3)22/h4-8H,1H2,2-3H3. The van der Waals surface area contributed by atoms with Crippen molar-refractivity contribution in [3.8, 4) is 22.6 Å². The summed E-state index contributed by atoms with van der Waals surface area (Å²) >= 11 is 0. The highest BCUT2D eigenvalue weighted by molar-refractivity contribution is 5.88. The van der Waals surface area contributed by atoms with Crippen molar-refractivity contribution in [2.24, 2.45) is 0 Å². The molecule has 2 rings (SSSR count). The van der Waals surface area contributed by atoms with Crippen molar-refractivity contribution in [2.75, 3.05) is 0 Å². The molecule has 0 spiro atoms. The van der Waals surface area contributed by atoms with Gasteiger partial charge in [0.1, 0.15) is 0 Å². The molecule has 0 saturated heterocycles. The highest BCUT2D eigenvalue weighted by Crippen LogP contribution is 2.32. The van der Waals surface area contributed by atoms with Crippen molar-refractivity contribution in [2.45, 2.75) is 13.8 Å². The Balaban J connectivity index is 2.39. The van der Waals surface area contributed by atoms with E-state index in [9.17, 15) is 22.8 Å². The molecule has 0 fully saturated rings. The fourth-order valence-electron chi connectivity index (χ4n) is 1.93. The molecule has 0 aromatic heterocycles. The van der Waals surface area contributed by atoms with Crippen LogP contribution in [0.1, 0.15) is 13.8 Å². The second kappa shape index (κ2) is 7.21. The average molecular weight is 350 g/mol. The van der Waals surface area contributed by atoms with Gasteiger partial charge in [-0.1, -0.05) is 12.6 Å². The first-order chi connectivity index (χ1) is 11.7. The van der Waals surface area contributed by atoms with Gasteiger partial charge in [-0.05, 0) is 36.8 Å². The summed E-state index contributed by atoms with van der Waals surface area (Å²) in [4.78, 5) is 22.2. The van der Waals surface area contributed by atoms with Crippen molar-refractivity contribution in [1.29, 1.82) is 0 Å². The second-order valence-corrected chi connectivity index (χ2v) is 5.15. The van der Waals surface area contributed by atoms with Crippen LogP contribution in [0.15, 0.2) is 42.5 Å². The molecule has 0 saturated carbocycles. The number of halogens is 3. The number of hydrogen-bond acceptors (Lipinski definition) is 4. The van der Waals surface area contributed by atoms with Gasteiger partial charge >= 0.3 is 11.9 Å². The molecule has 0 aliphatic heterocycles. The van der Waals surface area contributed by atoms with E-state index in [0.29, 0.717) is 0 Å². The molecule has 0 heterocycles. The molecule has 0 N–H and O–H groups in total. The molecule has 0 aliphatic carbocycles. The van der Waals surface area contributed by atoms with Crippen molar-refractivity contribution in [1.82, 2.24) is 0 Å². The lowest BCUT2D eigenvalue weighted by Crippen LogP contribution is -2.10. The number of ether oxygens (including phenoxy) is 2. The highest BCUT2D eigenvalue weighted by atomic mass is 19.2. The lowest BCUT2D eigenvalue weighted by atomic mass is 10.0. The molecule has 0 bridgehead atoms. The summed E-state index contributed by atoms with van der Waals surface area (Å²) in [7, 11) is 0. The van der Waals surface area contributed by atoms with E-state index in [1.807, 2.05) is 0 Å². The number of rotatable bonds is 4. The van der Waals surface area contributed by atoms with E-state index in [0.717, 1.165) is 31.2 Å². The smallest absolute Gasteiger partial charge is 0.338 e. The van der Waals surface area contributed by atoms with Gasteiger partial charge in [0.25, 0.3) is 0 Å². The summed E-state index contributed by atoms with van der Waals surface area (Å²) in [5.41, 5.74) is -0.213. The zero-order valence-corrected chi connectivity index (χ0v) is 13.4. The molecule has 0 unspecified atom stereocenters. The quantitative estimate of drug-likeness (QED) is 0.472. The molecule has 2 aromatic carbocycles. The minimum absolute atomic E-state index is 0.0163. The van der Waals surface area contributed by atoms with Crippen molar-refractivity contribution < 1.29 is 32.2 Å². The fourth-order valence-corrected chi connectivity index (χ4v) is 1.93. The van der Waals surface area contributed by atoms with Crippen molar-refractivity contribution in [3.63, 3.8) is 0 Å². The Morgan fingerprint density at radius 2 is 1.56 bits per heavy atom. The predicted molar refractivity (Wildman–Crippen MR) is 83.5 cm³/mol. The fraction of sp³-hybridized carbons (Fsp3) is 0.111. The first kappa shape index (κ1) is 18.3. The number of hydrogen-bond donors (Lipinski definition) is 0. The van der Waals surface area contributed by atoms with Crippen LogP contribution in [0.25, 0.3) is 11.1 Å². The summed E-state index contributed by atoms with van der Waals surface area (Å²) in [5.74, 6) is -6.17. The zero-order chi connectivity index (χ0) is 18.7. The lowest BCUT2D eigenvalue weighted by Gasteiger charge is -2.10. The van der Waals surface area contributed by atoms with Crippen LogP contribution in [-0.4, -0.2) is 11.9 Å². The molecule has 0 radical (unpaired) electrons. The molecular formula is C18H13F3O4. The normalized spacial score (nSPS) is 10.3. The van der Waals surface area contributed by atoms with Crippen LogP contribution in [0.4, 0.5) is 13.2 Å². The van der Waals surface area contributed by atoms with E-state index in [-0.39, 0.29) is 22.4 Å². The zero-order valence-electron chi connectivity index (χ0n) is 13.4. The van der Waals surface area contributed by atoms with E-state index in [4.69, 9.17) is 0 Å². The van der Waals surface area contributed by atoms with Gasteiger partial charge in [0.2, 0.25) is 5.82 Å². The third-order valence-electron chi connectivity index (χ3n) is 3.09. The van der Waals surface area contributed by atoms with Gasteiger partial charge in [0.05, 0.1) is 0 Å². The molecule has 2 aromatic rings. The SMILES string of the molecule is C=C(C)C(=O)Oc1ccc(-c2ccc(OC(C)=O)c(F)c2)c(F)c1F. The van der Waals surface area contributed by atoms with Gasteiger partial charge in [-0.25, -0.2) is 13.6 Å². The van der Waals surface area contributed by atoms with Crippen molar-refractivity contribution in [3.05, 3.63) is 59.9 Å². The third kappa shape index (κ3) is 4.06.